The Morgan fingerprint density at radius 3 is 2.78 bits per heavy atom. The van der Waals surface area contributed by atoms with Crippen molar-refractivity contribution in [3.8, 4) is 0 Å². The summed E-state index contributed by atoms with van der Waals surface area (Å²) in [6.07, 6.45) is 5.33. The number of hydrogen-bond donors (Lipinski definition) is 1. The molecule has 1 fully saturated rings. The maximum Gasteiger partial charge on any atom is 0.145 e. The van der Waals surface area contributed by atoms with Crippen molar-refractivity contribution in [1.29, 1.82) is 0 Å². The molecule has 23 heavy (non-hydrogen) atoms. The predicted molar refractivity (Wildman–Crippen MR) is 93.5 cm³/mol. The Labute approximate surface area is 137 Å². The lowest BCUT2D eigenvalue weighted by molar-refractivity contribution is -0.0626. The van der Waals surface area contributed by atoms with Crippen molar-refractivity contribution in [2.24, 2.45) is 11.1 Å². The zero-order valence-corrected chi connectivity index (χ0v) is 14.0. The summed E-state index contributed by atoms with van der Waals surface area (Å²) in [5.41, 5.74) is 3.83. The maximum absolute atomic E-state index is 5.86. The minimum absolute atomic E-state index is 0.0175. The van der Waals surface area contributed by atoms with Crippen molar-refractivity contribution >= 4 is 16.6 Å². The fraction of sp³-hybridized carbons (Fsp3) is 0.526. The van der Waals surface area contributed by atoms with E-state index in [1.54, 1.807) is 0 Å². The predicted octanol–water partition coefficient (Wildman–Crippen LogP) is 3.93. The smallest absolute Gasteiger partial charge is 0.145 e. The van der Waals surface area contributed by atoms with E-state index in [0.29, 0.717) is 5.92 Å². The van der Waals surface area contributed by atoms with Gasteiger partial charge in [-0.1, -0.05) is 37.2 Å². The summed E-state index contributed by atoms with van der Waals surface area (Å²) in [4.78, 5) is 11.8. The van der Waals surface area contributed by atoms with Gasteiger partial charge in [0, 0.05) is 56.0 Å². The van der Waals surface area contributed by atoms with Crippen LogP contribution in [0.1, 0.15) is 38.7 Å². The highest BCUT2D eigenvalue weighted by atomic mass is 16.7. The fourth-order valence-corrected chi connectivity index (χ4v) is 3.75. The first kappa shape index (κ1) is 14.8. The normalized spacial score (nSPS) is 21.1. The van der Waals surface area contributed by atoms with E-state index in [2.05, 4.69) is 59.3 Å². The van der Waals surface area contributed by atoms with Crippen LogP contribution in [0.5, 0.6) is 0 Å². The van der Waals surface area contributed by atoms with Gasteiger partial charge in [0.25, 0.3) is 0 Å². The first-order valence-electron chi connectivity index (χ1n) is 8.67. The SMILES string of the molecule is CC(C)C1=NOC2(CCN(Cc3c[nH]c4ccccc34)CC2)C1. The highest BCUT2D eigenvalue weighted by molar-refractivity contribution is 5.87. The highest BCUT2D eigenvalue weighted by Crippen LogP contribution is 2.36. The molecule has 2 aliphatic rings. The first-order valence-corrected chi connectivity index (χ1v) is 8.67. The Bertz CT molecular complexity index is 723. The Hall–Kier alpha value is -1.81. The highest BCUT2D eigenvalue weighted by Gasteiger charge is 2.42. The maximum atomic E-state index is 5.86. The number of oxime groups is 1. The molecule has 4 rings (SSSR count). The summed E-state index contributed by atoms with van der Waals surface area (Å²) in [5.74, 6) is 0.499. The minimum atomic E-state index is -0.0175. The van der Waals surface area contributed by atoms with Crippen LogP contribution in [-0.2, 0) is 11.4 Å². The first-order chi connectivity index (χ1) is 11.2. The van der Waals surface area contributed by atoms with Crippen LogP contribution < -0.4 is 0 Å². The summed E-state index contributed by atoms with van der Waals surface area (Å²) in [7, 11) is 0. The molecule has 0 unspecified atom stereocenters. The van der Waals surface area contributed by atoms with Crippen LogP contribution in [0.3, 0.4) is 0 Å². The third kappa shape index (κ3) is 2.76. The molecule has 0 aliphatic carbocycles. The quantitative estimate of drug-likeness (QED) is 0.933. The van der Waals surface area contributed by atoms with Crippen LogP contribution in [0.25, 0.3) is 10.9 Å². The average molecular weight is 311 g/mol. The van der Waals surface area contributed by atoms with Gasteiger partial charge in [-0.3, -0.25) is 4.90 Å². The minimum Gasteiger partial charge on any atom is -0.389 e. The molecule has 0 saturated carbocycles. The Morgan fingerprint density at radius 1 is 1.26 bits per heavy atom. The van der Waals surface area contributed by atoms with Crippen LogP contribution >= 0.6 is 0 Å². The number of nitrogens with one attached hydrogen (secondary N) is 1. The standard InChI is InChI=1S/C19H25N3O/c1-14(2)18-11-19(23-21-18)7-9-22(10-8-19)13-15-12-20-17-6-4-3-5-16(15)17/h3-6,12,14,20H,7-11,13H2,1-2H3. The van der Waals surface area contributed by atoms with Gasteiger partial charge < -0.3 is 9.82 Å². The largest absolute Gasteiger partial charge is 0.389 e. The van der Waals surface area contributed by atoms with Gasteiger partial charge in [-0.2, -0.15) is 0 Å². The van der Waals surface area contributed by atoms with Crippen molar-refractivity contribution in [2.75, 3.05) is 13.1 Å². The van der Waals surface area contributed by atoms with Crippen LogP contribution in [0.4, 0.5) is 0 Å². The second kappa shape index (κ2) is 5.68. The molecule has 2 aromatic rings. The van der Waals surface area contributed by atoms with Crippen LogP contribution in [0.2, 0.25) is 0 Å². The molecule has 3 heterocycles. The fourth-order valence-electron chi connectivity index (χ4n) is 3.75. The molecular formula is C19H25N3O. The number of fused-ring (bicyclic) bond motifs is 1. The molecule has 1 spiro atoms. The number of rotatable bonds is 3. The van der Waals surface area contributed by atoms with E-state index >= 15 is 0 Å². The van der Waals surface area contributed by atoms with Crippen molar-refractivity contribution in [3.05, 3.63) is 36.0 Å². The average Bonchev–Trinajstić information content (AvgIpc) is 3.15. The van der Waals surface area contributed by atoms with Crippen molar-refractivity contribution in [2.45, 2.75) is 45.3 Å². The van der Waals surface area contributed by atoms with Crippen molar-refractivity contribution in [3.63, 3.8) is 0 Å². The topological polar surface area (TPSA) is 40.6 Å². The Balaban J connectivity index is 1.39. The molecule has 0 bridgehead atoms. The van der Waals surface area contributed by atoms with E-state index in [4.69, 9.17) is 4.84 Å². The summed E-state index contributed by atoms with van der Waals surface area (Å²) >= 11 is 0. The van der Waals surface area contributed by atoms with E-state index < -0.39 is 0 Å². The number of H-pyrrole nitrogens is 1. The zero-order valence-electron chi connectivity index (χ0n) is 14.0. The molecule has 1 aromatic heterocycles. The van der Waals surface area contributed by atoms with Crippen LogP contribution in [0, 0.1) is 5.92 Å². The number of aromatic nitrogens is 1. The number of para-hydroxylation sites is 1. The third-order valence-electron chi connectivity index (χ3n) is 5.36. The molecule has 4 nitrogen and oxygen atoms in total. The number of likely N-dealkylation sites (tertiary alicyclic amines) is 1. The number of piperidine rings is 1. The molecule has 0 radical (unpaired) electrons. The van der Waals surface area contributed by atoms with Gasteiger partial charge in [0.05, 0.1) is 5.71 Å². The molecular weight excluding hydrogens is 286 g/mol. The molecule has 1 N–H and O–H groups in total. The molecule has 1 aromatic carbocycles. The van der Waals surface area contributed by atoms with Gasteiger partial charge in [-0.25, -0.2) is 0 Å². The van der Waals surface area contributed by atoms with Gasteiger partial charge in [0.15, 0.2) is 0 Å². The monoisotopic (exact) mass is 311 g/mol. The van der Waals surface area contributed by atoms with Gasteiger partial charge in [0.2, 0.25) is 0 Å². The zero-order chi connectivity index (χ0) is 15.9. The molecule has 0 atom stereocenters. The Kier molecular flexibility index (Phi) is 3.64. The molecule has 122 valence electrons. The molecule has 0 amide bonds. The number of nitrogens with zero attached hydrogens (tertiary/aromatic N) is 2. The number of hydrogen-bond acceptors (Lipinski definition) is 3. The lowest BCUT2D eigenvalue weighted by Gasteiger charge is -2.37. The summed E-state index contributed by atoms with van der Waals surface area (Å²) in [6.45, 7) is 7.58. The summed E-state index contributed by atoms with van der Waals surface area (Å²) in [5, 5.41) is 5.69. The van der Waals surface area contributed by atoms with Crippen LogP contribution in [-0.4, -0.2) is 34.3 Å². The van der Waals surface area contributed by atoms with Gasteiger partial charge in [0.1, 0.15) is 5.60 Å². The molecule has 4 heteroatoms. The van der Waals surface area contributed by atoms with E-state index in [0.717, 1.165) is 38.9 Å². The van der Waals surface area contributed by atoms with Gasteiger partial charge in [-0.05, 0) is 17.5 Å². The van der Waals surface area contributed by atoms with Crippen LogP contribution in [0.15, 0.2) is 35.6 Å². The Morgan fingerprint density at radius 2 is 2.04 bits per heavy atom. The molecule has 1 saturated heterocycles. The van der Waals surface area contributed by atoms with Crippen molar-refractivity contribution < 1.29 is 4.84 Å². The second-order valence-corrected chi connectivity index (χ2v) is 7.32. The summed E-state index contributed by atoms with van der Waals surface area (Å²) < 4.78 is 0. The van der Waals surface area contributed by atoms with E-state index in [-0.39, 0.29) is 5.60 Å². The lowest BCUT2D eigenvalue weighted by atomic mass is 9.84. The third-order valence-corrected chi connectivity index (χ3v) is 5.36. The number of benzene rings is 1. The summed E-state index contributed by atoms with van der Waals surface area (Å²) in [6, 6.07) is 8.54. The number of aromatic amines is 1. The van der Waals surface area contributed by atoms with E-state index in [1.807, 2.05) is 0 Å². The van der Waals surface area contributed by atoms with E-state index in [1.165, 1.54) is 22.2 Å². The van der Waals surface area contributed by atoms with Gasteiger partial charge >= 0.3 is 0 Å². The molecule has 2 aliphatic heterocycles. The van der Waals surface area contributed by atoms with Gasteiger partial charge in [-0.15, -0.1) is 0 Å². The lowest BCUT2D eigenvalue weighted by Crippen LogP contribution is -2.44. The second-order valence-electron chi connectivity index (χ2n) is 7.32. The van der Waals surface area contributed by atoms with Crippen molar-refractivity contribution in [1.82, 2.24) is 9.88 Å². The van der Waals surface area contributed by atoms with E-state index in [9.17, 15) is 0 Å².